The van der Waals surface area contributed by atoms with E-state index in [0.29, 0.717) is 5.56 Å². The first-order chi connectivity index (χ1) is 8.53. The zero-order chi connectivity index (χ0) is 12.9. The predicted octanol–water partition coefficient (Wildman–Crippen LogP) is 2.91. The summed E-state index contributed by atoms with van der Waals surface area (Å²) < 4.78 is 0. The van der Waals surface area contributed by atoms with Crippen molar-refractivity contribution in [1.29, 1.82) is 0 Å². The summed E-state index contributed by atoms with van der Waals surface area (Å²) >= 11 is 0. The Balaban J connectivity index is 2.20. The number of nitrogens with two attached hydrogens (primary N) is 1. The minimum atomic E-state index is -0.838. The molecule has 0 aliphatic heterocycles. The number of carboxylic acids is 1. The van der Waals surface area contributed by atoms with Gasteiger partial charge in [-0.3, -0.25) is 0 Å². The summed E-state index contributed by atoms with van der Waals surface area (Å²) in [6.07, 6.45) is 5.78. The Morgan fingerprint density at radius 1 is 1.39 bits per heavy atom. The maximum absolute atomic E-state index is 11.2. The molecule has 0 amide bonds. The molecule has 1 unspecified atom stereocenters. The van der Waals surface area contributed by atoms with Crippen LogP contribution in [0.2, 0.25) is 0 Å². The fourth-order valence-electron chi connectivity index (χ4n) is 3.69. The maximum Gasteiger partial charge on any atom is 0.335 e. The predicted molar refractivity (Wildman–Crippen MR) is 69.8 cm³/mol. The number of aryl methyl sites for hydroxylation is 1. The molecule has 3 heteroatoms. The van der Waals surface area contributed by atoms with E-state index >= 15 is 0 Å². The summed E-state index contributed by atoms with van der Waals surface area (Å²) in [6, 6.07) is 3.72. The van der Waals surface area contributed by atoms with Crippen molar-refractivity contribution in [1.82, 2.24) is 0 Å². The number of carbonyl (C=O) groups is 1. The van der Waals surface area contributed by atoms with Crippen LogP contribution in [-0.4, -0.2) is 11.1 Å². The molecule has 1 aromatic rings. The molecule has 1 spiro atoms. The average Bonchev–Trinajstić information content (AvgIpc) is 2.26. The van der Waals surface area contributed by atoms with Gasteiger partial charge in [-0.1, -0.05) is 6.42 Å². The van der Waals surface area contributed by atoms with Gasteiger partial charge in [0.1, 0.15) is 0 Å². The average molecular weight is 245 g/mol. The number of hydrogen-bond donors (Lipinski definition) is 2. The van der Waals surface area contributed by atoms with Gasteiger partial charge in [0.15, 0.2) is 0 Å². The van der Waals surface area contributed by atoms with E-state index in [1.807, 2.05) is 13.0 Å². The van der Waals surface area contributed by atoms with Crippen molar-refractivity contribution in [2.75, 3.05) is 0 Å². The van der Waals surface area contributed by atoms with Gasteiger partial charge in [-0.15, -0.1) is 0 Å². The molecule has 1 saturated carbocycles. The van der Waals surface area contributed by atoms with Gasteiger partial charge in [0.2, 0.25) is 0 Å². The third-order valence-corrected chi connectivity index (χ3v) is 4.82. The Hall–Kier alpha value is -1.35. The van der Waals surface area contributed by atoms with Crippen LogP contribution in [-0.2, 0) is 5.41 Å². The molecule has 96 valence electrons. The lowest BCUT2D eigenvalue weighted by Gasteiger charge is -2.48. The highest BCUT2D eigenvalue weighted by Gasteiger charge is 2.44. The van der Waals surface area contributed by atoms with Crippen LogP contribution in [0, 0.1) is 6.92 Å². The zero-order valence-corrected chi connectivity index (χ0v) is 10.7. The van der Waals surface area contributed by atoms with Gasteiger partial charge in [0.05, 0.1) is 5.56 Å². The van der Waals surface area contributed by atoms with E-state index in [1.54, 1.807) is 6.07 Å². The third-order valence-electron chi connectivity index (χ3n) is 4.82. The fourth-order valence-corrected chi connectivity index (χ4v) is 3.69. The van der Waals surface area contributed by atoms with Crippen LogP contribution in [0.4, 0.5) is 0 Å². The molecule has 2 aliphatic carbocycles. The number of aromatic carboxylic acids is 1. The number of hydrogen-bond acceptors (Lipinski definition) is 2. The SMILES string of the molecule is Cc1cc(C(=O)O)cc2c1C(N)CCC21CCC1. The number of carboxylic acid groups (broad SMARTS) is 1. The second-order valence-electron chi connectivity index (χ2n) is 5.84. The standard InChI is InChI=1S/C15H19NO2/c1-9-7-10(14(17)18)8-11-13(9)12(16)3-6-15(11)4-2-5-15/h7-8,12H,2-6,16H2,1H3,(H,17,18). The first-order valence-corrected chi connectivity index (χ1v) is 6.67. The highest BCUT2D eigenvalue weighted by molar-refractivity contribution is 5.88. The Morgan fingerprint density at radius 2 is 2.11 bits per heavy atom. The zero-order valence-electron chi connectivity index (χ0n) is 10.7. The van der Waals surface area contributed by atoms with Gasteiger partial charge in [-0.25, -0.2) is 4.79 Å². The van der Waals surface area contributed by atoms with E-state index in [2.05, 4.69) is 0 Å². The van der Waals surface area contributed by atoms with Crippen molar-refractivity contribution in [3.05, 3.63) is 34.4 Å². The lowest BCUT2D eigenvalue weighted by molar-refractivity contribution is 0.0696. The molecule has 3 rings (SSSR count). The summed E-state index contributed by atoms with van der Waals surface area (Å²) in [6.45, 7) is 1.99. The molecular weight excluding hydrogens is 226 g/mol. The van der Waals surface area contributed by atoms with Crippen LogP contribution in [0.25, 0.3) is 0 Å². The second kappa shape index (κ2) is 3.82. The second-order valence-corrected chi connectivity index (χ2v) is 5.84. The molecule has 1 aromatic carbocycles. The van der Waals surface area contributed by atoms with Crippen molar-refractivity contribution in [2.45, 2.75) is 50.5 Å². The smallest absolute Gasteiger partial charge is 0.335 e. The van der Waals surface area contributed by atoms with E-state index < -0.39 is 5.97 Å². The number of benzene rings is 1. The molecule has 3 N–H and O–H groups in total. The number of rotatable bonds is 1. The van der Waals surface area contributed by atoms with Crippen LogP contribution in [0.5, 0.6) is 0 Å². The van der Waals surface area contributed by atoms with Crippen molar-refractivity contribution >= 4 is 5.97 Å². The van der Waals surface area contributed by atoms with Gasteiger partial charge in [-0.05, 0) is 66.8 Å². The molecule has 3 nitrogen and oxygen atoms in total. The van der Waals surface area contributed by atoms with Crippen molar-refractivity contribution in [3.63, 3.8) is 0 Å². The van der Waals surface area contributed by atoms with Crippen molar-refractivity contribution in [2.24, 2.45) is 5.73 Å². The van der Waals surface area contributed by atoms with E-state index in [0.717, 1.165) is 18.4 Å². The third kappa shape index (κ3) is 1.50. The highest BCUT2D eigenvalue weighted by atomic mass is 16.4. The van der Waals surface area contributed by atoms with Gasteiger partial charge < -0.3 is 10.8 Å². The molecular formula is C15H19NO2. The molecule has 1 atom stereocenters. The van der Waals surface area contributed by atoms with E-state index in [-0.39, 0.29) is 11.5 Å². The van der Waals surface area contributed by atoms with Crippen LogP contribution < -0.4 is 5.73 Å². The van der Waals surface area contributed by atoms with Crippen molar-refractivity contribution in [3.8, 4) is 0 Å². The van der Waals surface area contributed by atoms with E-state index in [4.69, 9.17) is 5.73 Å². The maximum atomic E-state index is 11.2. The molecule has 0 aromatic heterocycles. The minimum Gasteiger partial charge on any atom is -0.478 e. The van der Waals surface area contributed by atoms with Gasteiger partial charge >= 0.3 is 5.97 Å². The van der Waals surface area contributed by atoms with Crippen LogP contribution in [0.1, 0.15) is 65.2 Å². The normalized spacial score (nSPS) is 24.4. The van der Waals surface area contributed by atoms with E-state index in [9.17, 15) is 9.90 Å². The summed E-state index contributed by atoms with van der Waals surface area (Å²) in [5, 5.41) is 9.21. The lowest BCUT2D eigenvalue weighted by atomic mass is 9.57. The summed E-state index contributed by atoms with van der Waals surface area (Å²) in [7, 11) is 0. The molecule has 1 fully saturated rings. The van der Waals surface area contributed by atoms with Crippen LogP contribution >= 0.6 is 0 Å². The molecule has 0 bridgehead atoms. The number of fused-ring (bicyclic) bond motifs is 2. The first-order valence-electron chi connectivity index (χ1n) is 6.67. The topological polar surface area (TPSA) is 63.3 Å². The molecule has 2 aliphatic rings. The van der Waals surface area contributed by atoms with Gasteiger partial charge in [0.25, 0.3) is 0 Å². The van der Waals surface area contributed by atoms with Crippen LogP contribution in [0.3, 0.4) is 0 Å². The van der Waals surface area contributed by atoms with Gasteiger partial charge in [-0.2, -0.15) is 0 Å². The lowest BCUT2D eigenvalue weighted by Crippen LogP contribution is -2.40. The van der Waals surface area contributed by atoms with Gasteiger partial charge in [0, 0.05) is 6.04 Å². The molecule has 0 saturated heterocycles. The Kier molecular flexibility index (Phi) is 2.49. The molecule has 0 heterocycles. The minimum absolute atomic E-state index is 0.0778. The fraction of sp³-hybridized carbons (Fsp3) is 0.533. The molecule has 18 heavy (non-hydrogen) atoms. The monoisotopic (exact) mass is 245 g/mol. The largest absolute Gasteiger partial charge is 0.478 e. The van der Waals surface area contributed by atoms with Crippen molar-refractivity contribution < 1.29 is 9.90 Å². The highest BCUT2D eigenvalue weighted by Crippen LogP contribution is 2.53. The van der Waals surface area contributed by atoms with Crippen LogP contribution in [0.15, 0.2) is 12.1 Å². The Labute approximate surface area is 107 Å². The Bertz CT molecular complexity index is 517. The Morgan fingerprint density at radius 3 is 2.67 bits per heavy atom. The molecule has 0 radical (unpaired) electrons. The van der Waals surface area contributed by atoms with E-state index in [1.165, 1.54) is 30.4 Å². The summed E-state index contributed by atoms with van der Waals surface area (Å²) in [5.41, 5.74) is 10.4. The summed E-state index contributed by atoms with van der Waals surface area (Å²) in [4.78, 5) is 11.2. The quantitative estimate of drug-likeness (QED) is 0.799. The summed E-state index contributed by atoms with van der Waals surface area (Å²) in [5.74, 6) is -0.838. The first kappa shape index (κ1) is 11.7.